The molecule has 0 unspecified atom stereocenters. The molecule has 0 spiro atoms. The van der Waals surface area contributed by atoms with Crippen LogP contribution in [0.15, 0.2) is 59.7 Å². The number of nitrogens with zero attached hydrogens (tertiary/aromatic N) is 2. The first-order valence-corrected chi connectivity index (χ1v) is 13.2. The van der Waals surface area contributed by atoms with Crippen molar-refractivity contribution in [2.45, 2.75) is 0 Å². The van der Waals surface area contributed by atoms with Crippen molar-refractivity contribution < 1.29 is 35.9 Å². The number of benzene rings is 2. The third kappa shape index (κ3) is 3.81. The summed E-state index contributed by atoms with van der Waals surface area (Å²) in [6.07, 6.45) is 0. The lowest BCUT2D eigenvalue weighted by molar-refractivity contribution is -0.123. The topological polar surface area (TPSA) is 40.6 Å². The van der Waals surface area contributed by atoms with Gasteiger partial charge in [0.15, 0.2) is 34.9 Å². The quantitative estimate of drug-likeness (QED) is 0.190. The molecule has 4 heterocycles. The van der Waals surface area contributed by atoms with E-state index in [-0.39, 0.29) is 22.3 Å². The smallest absolute Gasteiger partial charge is 0.261 e. The Morgan fingerprint density at radius 2 is 0.825 bits per heavy atom. The first kappa shape index (κ1) is 26.1. The molecule has 0 N–H and O–H groups in total. The Morgan fingerprint density at radius 3 is 1.15 bits per heavy atom. The van der Waals surface area contributed by atoms with Gasteiger partial charge in [0.2, 0.25) is 0 Å². The van der Waals surface area contributed by atoms with Crippen LogP contribution in [0.25, 0.3) is 32.3 Å². The van der Waals surface area contributed by atoms with E-state index in [1.165, 1.54) is 23.9 Å². The molecule has 0 saturated carbocycles. The molecule has 4 aromatic rings. The molecule has 4 nitrogen and oxygen atoms in total. The van der Waals surface area contributed by atoms with E-state index in [2.05, 4.69) is 0 Å². The second kappa shape index (κ2) is 9.20. The summed E-state index contributed by atoms with van der Waals surface area (Å²) in [4.78, 5) is 31.2. The Morgan fingerprint density at radius 1 is 0.525 bits per heavy atom. The second-order valence-electron chi connectivity index (χ2n) is 9.01. The molecule has 0 aliphatic carbocycles. The maximum absolute atomic E-state index is 13.8. The van der Waals surface area contributed by atoms with Crippen molar-refractivity contribution in [1.29, 1.82) is 0 Å². The molecule has 0 radical (unpaired) electrons. The van der Waals surface area contributed by atoms with Crippen molar-refractivity contribution in [2.75, 3.05) is 14.1 Å². The Bertz CT molecular complexity index is 1670. The van der Waals surface area contributed by atoms with Gasteiger partial charge in [-0.3, -0.25) is 9.59 Å². The molecular weight excluding hydrogens is 574 g/mol. The number of halogens is 6. The minimum atomic E-state index is -1.58. The van der Waals surface area contributed by atoms with Crippen LogP contribution in [-0.4, -0.2) is 35.7 Å². The molecule has 202 valence electrons. The van der Waals surface area contributed by atoms with Gasteiger partial charge in [0.05, 0.1) is 32.3 Å². The van der Waals surface area contributed by atoms with Gasteiger partial charge in [0.1, 0.15) is 0 Å². The van der Waals surface area contributed by atoms with E-state index in [1.54, 1.807) is 24.3 Å². The van der Waals surface area contributed by atoms with Gasteiger partial charge >= 0.3 is 0 Å². The first-order valence-electron chi connectivity index (χ1n) is 11.5. The van der Waals surface area contributed by atoms with Crippen LogP contribution in [-0.2, 0) is 9.59 Å². The number of likely N-dealkylation sites (N-methyl/N-ethyl adjacent to an activating group) is 2. The number of thiophene rings is 2. The summed E-state index contributed by atoms with van der Waals surface area (Å²) < 4.78 is 82.1. The molecule has 2 aliphatic rings. The van der Waals surface area contributed by atoms with E-state index in [0.29, 0.717) is 30.9 Å². The van der Waals surface area contributed by atoms with E-state index in [9.17, 15) is 35.9 Å². The van der Waals surface area contributed by atoms with Gasteiger partial charge in [-0.25, -0.2) is 26.3 Å². The molecule has 2 aromatic carbocycles. The molecule has 0 saturated heterocycles. The Kier molecular flexibility index (Phi) is 6.00. The molecule has 0 atom stereocenters. The fourth-order valence-electron chi connectivity index (χ4n) is 4.74. The van der Waals surface area contributed by atoms with E-state index < -0.39 is 46.7 Å². The van der Waals surface area contributed by atoms with Gasteiger partial charge in [-0.2, -0.15) is 0 Å². The van der Waals surface area contributed by atoms with Crippen LogP contribution in [0.4, 0.5) is 26.3 Å². The number of rotatable bonds is 4. The van der Waals surface area contributed by atoms with E-state index >= 15 is 0 Å². The van der Waals surface area contributed by atoms with Gasteiger partial charge in [0, 0.05) is 23.8 Å². The molecule has 2 amide bonds. The van der Waals surface area contributed by atoms with Crippen molar-refractivity contribution in [3.63, 3.8) is 0 Å². The highest BCUT2D eigenvalue weighted by atomic mass is 32.1. The minimum Gasteiger partial charge on any atom is -0.309 e. The normalized spacial score (nSPS) is 15.3. The monoisotopic (exact) mass is 588 g/mol. The van der Waals surface area contributed by atoms with Gasteiger partial charge in [-0.1, -0.05) is 0 Å². The summed E-state index contributed by atoms with van der Waals surface area (Å²) in [6.45, 7) is 0. The second-order valence-corrected chi connectivity index (χ2v) is 11.2. The van der Waals surface area contributed by atoms with Crippen molar-refractivity contribution in [2.24, 2.45) is 0 Å². The minimum absolute atomic E-state index is 0.0938. The summed E-state index contributed by atoms with van der Waals surface area (Å²) >= 11 is 2.13. The van der Waals surface area contributed by atoms with Gasteiger partial charge in [0.25, 0.3) is 11.8 Å². The predicted molar refractivity (Wildman–Crippen MR) is 139 cm³/mol. The van der Waals surface area contributed by atoms with Crippen LogP contribution < -0.4 is 0 Å². The van der Waals surface area contributed by atoms with Gasteiger partial charge in [-0.05, 0) is 59.7 Å². The number of fused-ring (bicyclic) bond motifs is 1. The van der Waals surface area contributed by atoms with Crippen LogP contribution >= 0.6 is 22.7 Å². The number of carbonyl (C=O) groups is 2. The molecule has 2 aliphatic heterocycles. The molecule has 6 rings (SSSR count). The van der Waals surface area contributed by atoms with Crippen molar-refractivity contribution in [3.8, 4) is 20.9 Å². The average molecular weight is 589 g/mol. The predicted octanol–water partition coefficient (Wildman–Crippen LogP) is 7.04. The van der Waals surface area contributed by atoms with E-state index in [0.717, 1.165) is 46.9 Å². The molecule has 12 heteroatoms. The summed E-state index contributed by atoms with van der Waals surface area (Å²) in [5.41, 5.74) is 1.04. The highest BCUT2D eigenvalue weighted by molar-refractivity contribution is 7.17. The maximum atomic E-state index is 13.8. The number of hydrogen-bond donors (Lipinski definition) is 0. The van der Waals surface area contributed by atoms with Crippen molar-refractivity contribution in [3.05, 3.63) is 104 Å². The zero-order valence-electron chi connectivity index (χ0n) is 20.4. The number of amides is 2. The maximum Gasteiger partial charge on any atom is 0.261 e. The number of hydrogen-bond acceptors (Lipinski definition) is 4. The summed E-state index contributed by atoms with van der Waals surface area (Å²) in [5, 5.41) is 0. The highest BCUT2D eigenvalue weighted by Crippen LogP contribution is 2.48. The molecular formula is C28H14F6N2O2S2. The lowest BCUT2D eigenvalue weighted by Gasteiger charge is -2.18. The van der Waals surface area contributed by atoms with E-state index in [1.807, 2.05) is 0 Å². The molecule has 0 fully saturated rings. The zero-order valence-corrected chi connectivity index (χ0v) is 22.0. The highest BCUT2D eigenvalue weighted by Gasteiger charge is 2.47. The van der Waals surface area contributed by atoms with Gasteiger partial charge in [-0.15, -0.1) is 22.7 Å². The third-order valence-corrected chi connectivity index (χ3v) is 8.93. The van der Waals surface area contributed by atoms with Crippen LogP contribution in [0.1, 0.15) is 9.75 Å². The average Bonchev–Trinajstić information content (AvgIpc) is 3.69. The fraction of sp³-hybridized carbons (Fsp3) is 0.0714. The summed E-state index contributed by atoms with van der Waals surface area (Å²) in [7, 11) is 2.98. The van der Waals surface area contributed by atoms with E-state index in [4.69, 9.17) is 0 Å². The standard InChI is InChI=1S/C28H14F6N2O2S2/c1-35-25(19-5-3-17(39-19)11-7-13(29)23(33)14(30)8-11)21-22(27(35)37)26(36(2)28(21)38)20-6-4-18(40-20)12-9-15(31)24(34)16(32)10-12/h3-10H,1-2H3. The Labute approximate surface area is 230 Å². The first-order chi connectivity index (χ1) is 19.0. The van der Waals surface area contributed by atoms with Crippen LogP contribution in [0.5, 0.6) is 0 Å². The summed E-state index contributed by atoms with van der Waals surface area (Å²) in [5.74, 6) is -9.48. The fourth-order valence-corrected chi connectivity index (χ4v) is 6.90. The Hall–Kier alpha value is -4.16. The molecule has 2 aromatic heterocycles. The van der Waals surface area contributed by atoms with Crippen molar-refractivity contribution in [1.82, 2.24) is 9.80 Å². The summed E-state index contributed by atoms with van der Waals surface area (Å²) in [6, 6.07) is 9.75. The molecule has 40 heavy (non-hydrogen) atoms. The SMILES string of the molecule is CN1C(=O)C2=C(c3ccc(-c4cc(F)c(F)c(F)c4)s3)N(C)C(=O)C2=C1c1ccc(-c2cc(F)c(F)c(F)c2)s1. The Balaban J connectivity index is 1.45. The van der Waals surface area contributed by atoms with Crippen LogP contribution in [0.3, 0.4) is 0 Å². The lowest BCUT2D eigenvalue weighted by atomic mass is 10.1. The third-order valence-electron chi connectivity index (χ3n) is 6.65. The number of carbonyl (C=O) groups excluding carboxylic acids is 2. The zero-order chi connectivity index (χ0) is 28.6. The van der Waals surface area contributed by atoms with Crippen molar-refractivity contribution >= 4 is 45.9 Å². The lowest BCUT2D eigenvalue weighted by Crippen LogP contribution is -2.24. The van der Waals surface area contributed by atoms with Gasteiger partial charge < -0.3 is 9.80 Å². The van der Waals surface area contributed by atoms with Crippen LogP contribution in [0, 0.1) is 34.9 Å². The molecule has 0 bridgehead atoms. The largest absolute Gasteiger partial charge is 0.309 e. The van der Waals surface area contributed by atoms with Crippen LogP contribution in [0.2, 0.25) is 0 Å².